The smallest absolute Gasteiger partial charge is 0.238 e. The summed E-state index contributed by atoms with van der Waals surface area (Å²) in [4.78, 5) is 19.1. The molecule has 0 unspecified atom stereocenters. The van der Waals surface area contributed by atoms with Crippen LogP contribution in [-0.2, 0) is 4.79 Å². The van der Waals surface area contributed by atoms with Crippen LogP contribution in [0.5, 0.6) is 5.75 Å². The number of carbonyl (C=O) groups excluding carboxylic acids is 1. The average Bonchev–Trinajstić information content (AvgIpc) is 3.33. The van der Waals surface area contributed by atoms with Crippen molar-refractivity contribution in [2.45, 2.75) is 39.8 Å². The molecule has 0 radical (unpaired) electrons. The number of nitrogens with zero attached hydrogens (tertiary/aromatic N) is 4. The summed E-state index contributed by atoms with van der Waals surface area (Å²) >= 11 is 6.27. The third-order valence-corrected chi connectivity index (χ3v) is 6.49. The van der Waals surface area contributed by atoms with E-state index >= 15 is 0 Å². The van der Waals surface area contributed by atoms with Crippen LogP contribution in [0.1, 0.15) is 27.7 Å². The van der Waals surface area contributed by atoms with Crippen molar-refractivity contribution in [3.05, 3.63) is 78.2 Å². The monoisotopic (exact) mass is 517 g/mol. The number of pyridine rings is 1. The molecule has 7 nitrogen and oxygen atoms in total. The van der Waals surface area contributed by atoms with Gasteiger partial charge < -0.3 is 10.1 Å². The molecule has 2 aromatic heterocycles. The highest BCUT2D eigenvalue weighted by Gasteiger charge is 2.18. The van der Waals surface area contributed by atoms with Crippen LogP contribution in [0.15, 0.2) is 73.2 Å². The van der Waals surface area contributed by atoms with Crippen molar-refractivity contribution in [2.75, 3.05) is 19.0 Å². The van der Waals surface area contributed by atoms with Gasteiger partial charge in [0.15, 0.2) is 0 Å². The summed E-state index contributed by atoms with van der Waals surface area (Å²) in [5, 5.41) is 8.50. The first-order valence-electron chi connectivity index (χ1n) is 12.3. The summed E-state index contributed by atoms with van der Waals surface area (Å²) in [5.41, 5.74) is 5.11. The minimum atomic E-state index is -0.0496. The predicted octanol–water partition coefficient (Wildman–Crippen LogP) is 6.32. The summed E-state index contributed by atoms with van der Waals surface area (Å²) in [5.74, 6) is 0.530. The minimum absolute atomic E-state index is 0.0496. The van der Waals surface area contributed by atoms with Gasteiger partial charge in [-0.2, -0.15) is 5.10 Å². The summed E-state index contributed by atoms with van der Waals surface area (Å²) in [7, 11) is 1.59. The minimum Gasteiger partial charge on any atom is -0.495 e. The highest BCUT2D eigenvalue weighted by atomic mass is 35.5. The van der Waals surface area contributed by atoms with Crippen molar-refractivity contribution in [2.24, 2.45) is 0 Å². The lowest BCUT2D eigenvalue weighted by Crippen LogP contribution is -2.42. The Bertz CT molecular complexity index is 1360. The van der Waals surface area contributed by atoms with Crippen LogP contribution >= 0.6 is 11.6 Å². The number of amides is 1. The topological polar surface area (TPSA) is 72.3 Å². The number of halogens is 1. The fraction of sp³-hybridized carbons (Fsp3) is 0.276. The van der Waals surface area contributed by atoms with Gasteiger partial charge in [0.1, 0.15) is 11.4 Å². The van der Waals surface area contributed by atoms with Crippen LogP contribution in [0.2, 0.25) is 5.02 Å². The maximum absolute atomic E-state index is 12.8. The molecule has 1 N–H and O–H groups in total. The number of aromatic nitrogens is 3. The lowest BCUT2D eigenvalue weighted by atomic mass is 10.0. The van der Waals surface area contributed by atoms with Crippen LogP contribution in [0.25, 0.3) is 28.1 Å². The average molecular weight is 518 g/mol. The number of benzene rings is 2. The highest BCUT2D eigenvalue weighted by molar-refractivity contribution is 6.32. The second-order valence-corrected chi connectivity index (χ2v) is 9.79. The van der Waals surface area contributed by atoms with E-state index in [1.807, 2.05) is 59.4 Å². The number of hydrogen-bond donors (Lipinski definition) is 1. The molecule has 0 saturated carbocycles. The molecule has 0 aliphatic carbocycles. The van der Waals surface area contributed by atoms with Gasteiger partial charge in [0.2, 0.25) is 5.91 Å². The molecule has 192 valence electrons. The number of methoxy groups -OCH3 is 1. The Hall–Kier alpha value is -3.68. The number of carbonyl (C=O) groups is 1. The molecule has 0 fully saturated rings. The summed E-state index contributed by atoms with van der Waals surface area (Å²) in [6, 6.07) is 17.7. The van der Waals surface area contributed by atoms with Crippen molar-refractivity contribution >= 4 is 23.2 Å². The lowest BCUT2D eigenvalue weighted by Gasteiger charge is -2.29. The number of hydrogen-bond acceptors (Lipinski definition) is 5. The zero-order valence-electron chi connectivity index (χ0n) is 21.8. The first-order chi connectivity index (χ1) is 17.8. The summed E-state index contributed by atoms with van der Waals surface area (Å²) in [6.07, 6.45) is 5.49. The first-order valence-corrected chi connectivity index (χ1v) is 12.6. The molecule has 1 amide bonds. The Balaban J connectivity index is 1.68. The molecule has 0 saturated heterocycles. The normalized spacial score (nSPS) is 11.4. The Kier molecular flexibility index (Phi) is 8.26. The second-order valence-electron chi connectivity index (χ2n) is 9.38. The molecule has 0 spiro atoms. The van der Waals surface area contributed by atoms with E-state index in [0.717, 1.165) is 28.1 Å². The number of rotatable bonds is 9. The molecule has 0 aliphatic rings. The fourth-order valence-corrected chi connectivity index (χ4v) is 4.52. The van der Waals surface area contributed by atoms with Crippen molar-refractivity contribution in [3.63, 3.8) is 0 Å². The lowest BCUT2D eigenvalue weighted by molar-refractivity contribution is -0.118. The standard InChI is InChI=1S/C29H32ClN5O2/c1-19(2)34(20(3)4)18-28(36)32-23-7-6-8-24(16-23)35-17-25(21-11-13-31-14-12-21)29(33-35)22-9-10-26(30)27(15-22)37-5/h6-17,19-20H,18H2,1-5H3,(H,32,36). The summed E-state index contributed by atoms with van der Waals surface area (Å²) in [6.45, 7) is 8.72. The Morgan fingerprint density at radius 1 is 1.03 bits per heavy atom. The van der Waals surface area contributed by atoms with Crippen molar-refractivity contribution in [3.8, 4) is 33.8 Å². The van der Waals surface area contributed by atoms with Crippen LogP contribution in [-0.4, -0.2) is 51.3 Å². The molecule has 8 heteroatoms. The van der Waals surface area contributed by atoms with Gasteiger partial charge in [-0.3, -0.25) is 14.7 Å². The third kappa shape index (κ3) is 6.18. The predicted molar refractivity (Wildman–Crippen MR) is 149 cm³/mol. The molecule has 37 heavy (non-hydrogen) atoms. The fourth-order valence-electron chi connectivity index (χ4n) is 4.32. The highest BCUT2D eigenvalue weighted by Crippen LogP contribution is 2.36. The quantitative estimate of drug-likeness (QED) is 0.281. The molecule has 0 atom stereocenters. The van der Waals surface area contributed by atoms with Gasteiger partial charge in [-0.25, -0.2) is 4.68 Å². The van der Waals surface area contributed by atoms with Gasteiger partial charge >= 0.3 is 0 Å². The Morgan fingerprint density at radius 2 is 1.76 bits per heavy atom. The van der Waals surface area contributed by atoms with Gasteiger partial charge in [-0.05, 0) is 75.7 Å². The van der Waals surface area contributed by atoms with E-state index in [-0.39, 0.29) is 18.0 Å². The van der Waals surface area contributed by atoms with Crippen molar-refractivity contribution in [1.82, 2.24) is 19.7 Å². The third-order valence-electron chi connectivity index (χ3n) is 6.18. The SMILES string of the molecule is COc1cc(-c2nn(-c3cccc(NC(=O)CN(C(C)C)C(C)C)c3)cc2-c2ccncc2)ccc1Cl. The van der Waals surface area contributed by atoms with Crippen LogP contribution in [0.3, 0.4) is 0 Å². The largest absolute Gasteiger partial charge is 0.495 e. The maximum atomic E-state index is 12.8. The van der Waals surface area contributed by atoms with Gasteiger partial charge in [0.05, 0.1) is 24.4 Å². The van der Waals surface area contributed by atoms with E-state index in [0.29, 0.717) is 23.0 Å². The van der Waals surface area contributed by atoms with E-state index in [2.05, 4.69) is 42.9 Å². The first kappa shape index (κ1) is 26.4. The van der Waals surface area contributed by atoms with Crippen molar-refractivity contribution < 1.29 is 9.53 Å². The van der Waals surface area contributed by atoms with Gasteiger partial charge in [-0.15, -0.1) is 0 Å². The molecular weight excluding hydrogens is 486 g/mol. The number of nitrogens with one attached hydrogen (secondary N) is 1. The van der Waals surface area contributed by atoms with E-state index < -0.39 is 0 Å². The van der Waals surface area contributed by atoms with Crippen LogP contribution in [0, 0.1) is 0 Å². The maximum Gasteiger partial charge on any atom is 0.238 e. The van der Waals surface area contributed by atoms with Gasteiger partial charge in [0, 0.05) is 47.5 Å². The molecule has 4 rings (SSSR count). The zero-order chi connectivity index (χ0) is 26.5. The van der Waals surface area contributed by atoms with Gasteiger partial charge in [0.25, 0.3) is 0 Å². The van der Waals surface area contributed by atoms with Crippen LogP contribution in [0.4, 0.5) is 5.69 Å². The molecule has 0 aliphatic heterocycles. The van der Waals surface area contributed by atoms with E-state index in [1.54, 1.807) is 25.6 Å². The Labute approximate surface area is 223 Å². The van der Waals surface area contributed by atoms with Gasteiger partial charge in [-0.1, -0.05) is 23.7 Å². The zero-order valence-corrected chi connectivity index (χ0v) is 22.5. The molecule has 4 aromatic rings. The molecule has 2 heterocycles. The van der Waals surface area contributed by atoms with Crippen molar-refractivity contribution in [1.29, 1.82) is 0 Å². The molecule has 2 aromatic carbocycles. The molecule has 0 bridgehead atoms. The Morgan fingerprint density at radius 3 is 2.43 bits per heavy atom. The van der Waals surface area contributed by atoms with E-state index in [1.165, 1.54) is 0 Å². The second kappa shape index (κ2) is 11.6. The number of ether oxygens (including phenoxy) is 1. The van der Waals surface area contributed by atoms with E-state index in [9.17, 15) is 4.79 Å². The number of anilines is 1. The molecular formula is C29H32ClN5O2. The van der Waals surface area contributed by atoms with Crippen LogP contribution < -0.4 is 10.1 Å². The van der Waals surface area contributed by atoms with E-state index in [4.69, 9.17) is 21.4 Å². The summed E-state index contributed by atoms with van der Waals surface area (Å²) < 4.78 is 7.25.